The monoisotopic (exact) mass is 351 g/mol. The Labute approximate surface area is 151 Å². The average molecular weight is 351 g/mol. The van der Waals surface area contributed by atoms with Crippen molar-refractivity contribution in [1.29, 1.82) is 0 Å². The molecule has 1 unspecified atom stereocenters. The van der Waals surface area contributed by atoms with Gasteiger partial charge in [0.2, 0.25) is 0 Å². The second-order valence-corrected chi connectivity index (χ2v) is 6.80. The number of rotatable bonds is 5. The van der Waals surface area contributed by atoms with Crippen LogP contribution in [0.4, 0.5) is 0 Å². The van der Waals surface area contributed by atoms with E-state index in [0.29, 0.717) is 18.4 Å². The van der Waals surface area contributed by atoms with Gasteiger partial charge in [-0.3, -0.25) is 9.48 Å². The smallest absolute Gasteiger partial charge is 0.251 e. The third-order valence-electron chi connectivity index (χ3n) is 4.92. The summed E-state index contributed by atoms with van der Waals surface area (Å²) in [5.74, 6) is 0.0980. The molecule has 2 heterocycles. The summed E-state index contributed by atoms with van der Waals surface area (Å²) in [4.78, 5) is 16.8. The number of nitrogens with one attached hydrogen (secondary N) is 1. The van der Waals surface area contributed by atoms with Crippen molar-refractivity contribution in [1.82, 2.24) is 24.6 Å². The molecular formula is C19H21N5O2. The fourth-order valence-electron chi connectivity index (χ4n) is 3.40. The minimum atomic E-state index is -0.273. The summed E-state index contributed by atoms with van der Waals surface area (Å²) in [7, 11) is 1.85. The lowest BCUT2D eigenvalue weighted by atomic mass is 9.75. The Hall–Kier alpha value is -2.93. The van der Waals surface area contributed by atoms with Gasteiger partial charge in [0, 0.05) is 42.5 Å². The number of carbonyl (C=O) groups excluding carboxylic acids is 1. The van der Waals surface area contributed by atoms with E-state index < -0.39 is 0 Å². The molecule has 0 spiro atoms. The number of aromatic nitrogens is 4. The number of hydrogen-bond donors (Lipinski definition) is 2. The van der Waals surface area contributed by atoms with Gasteiger partial charge in [-0.15, -0.1) is 0 Å². The van der Waals surface area contributed by atoms with E-state index in [1.54, 1.807) is 35.5 Å². The zero-order valence-corrected chi connectivity index (χ0v) is 14.5. The molecule has 1 saturated carbocycles. The zero-order valence-electron chi connectivity index (χ0n) is 14.5. The molecule has 0 saturated heterocycles. The molecule has 0 radical (unpaired) electrons. The first kappa shape index (κ1) is 16.5. The number of carbonyl (C=O) groups is 1. The lowest BCUT2D eigenvalue weighted by Crippen LogP contribution is -2.41. The number of aliphatic hydroxyl groups is 1. The van der Waals surface area contributed by atoms with Crippen LogP contribution in [0.2, 0.25) is 0 Å². The van der Waals surface area contributed by atoms with Crippen molar-refractivity contribution in [3.63, 3.8) is 0 Å². The van der Waals surface area contributed by atoms with E-state index in [9.17, 15) is 9.90 Å². The number of nitrogens with zero attached hydrogens (tertiary/aromatic N) is 4. The standard InChI is InChI=1S/C19H21N5O2/c1-23-11-15(10-21-23)18(14-8-17(25)9-14)22-19(26)13-2-4-16(5-3-13)24-7-6-20-12-24/h2-7,10-12,14,17-18,25H,8-9H2,1H3,(H,22,26). The fourth-order valence-corrected chi connectivity index (χ4v) is 3.40. The first-order chi connectivity index (χ1) is 12.6. The van der Waals surface area contributed by atoms with Crippen LogP contribution >= 0.6 is 0 Å². The summed E-state index contributed by atoms with van der Waals surface area (Å²) >= 11 is 0. The highest BCUT2D eigenvalue weighted by molar-refractivity contribution is 5.94. The number of aryl methyl sites for hydroxylation is 1. The SMILES string of the molecule is Cn1cc(C(NC(=O)c2ccc(-n3ccnc3)cc2)C2CC(O)C2)cn1. The topological polar surface area (TPSA) is 85.0 Å². The van der Waals surface area contributed by atoms with Crippen molar-refractivity contribution in [3.8, 4) is 5.69 Å². The van der Waals surface area contributed by atoms with Crippen LogP contribution in [0.15, 0.2) is 55.4 Å². The van der Waals surface area contributed by atoms with Crippen LogP contribution < -0.4 is 5.32 Å². The lowest BCUT2D eigenvalue weighted by molar-refractivity contribution is 0.0235. The molecular weight excluding hydrogens is 330 g/mol. The maximum atomic E-state index is 12.7. The summed E-state index contributed by atoms with van der Waals surface area (Å²) in [5.41, 5.74) is 2.51. The quantitative estimate of drug-likeness (QED) is 0.735. The van der Waals surface area contributed by atoms with Crippen LogP contribution in [0.25, 0.3) is 5.69 Å². The van der Waals surface area contributed by atoms with Gasteiger partial charge in [0.25, 0.3) is 5.91 Å². The third kappa shape index (κ3) is 3.25. The highest BCUT2D eigenvalue weighted by Gasteiger charge is 2.36. The zero-order chi connectivity index (χ0) is 18.1. The second-order valence-electron chi connectivity index (χ2n) is 6.80. The number of imidazole rings is 1. The van der Waals surface area contributed by atoms with E-state index >= 15 is 0 Å². The number of hydrogen-bond acceptors (Lipinski definition) is 4. The van der Waals surface area contributed by atoms with Crippen LogP contribution in [0.5, 0.6) is 0 Å². The second kappa shape index (κ2) is 6.76. The summed E-state index contributed by atoms with van der Waals surface area (Å²) < 4.78 is 3.61. The molecule has 0 aliphatic heterocycles. The summed E-state index contributed by atoms with van der Waals surface area (Å²) in [6.07, 6.45) is 10.1. The molecule has 1 amide bonds. The van der Waals surface area contributed by atoms with Gasteiger partial charge in [0.05, 0.1) is 24.7 Å². The van der Waals surface area contributed by atoms with Gasteiger partial charge < -0.3 is 15.0 Å². The predicted octanol–water partition coefficient (Wildman–Crippen LogP) is 1.85. The van der Waals surface area contributed by atoms with Gasteiger partial charge >= 0.3 is 0 Å². The molecule has 2 N–H and O–H groups in total. The maximum Gasteiger partial charge on any atom is 0.251 e. The predicted molar refractivity (Wildman–Crippen MR) is 95.7 cm³/mol. The molecule has 1 aliphatic rings. The van der Waals surface area contributed by atoms with E-state index in [0.717, 1.165) is 11.3 Å². The molecule has 134 valence electrons. The molecule has 26 heavy (non-hydrogen) atoms. The van der Waals surface area contributed by atoms with Gasteiger partial charge in [0.15, 0.2) is 0 Å². The molecule has 1 fully saturated rings. The van der Waals surface area contributed by atoms with Crippen molar-refractivity contribution in [2.45, 2.75) is 25.0 Å². The Kier molecular flexibility index (Phi) is 4.30. The van der Waals surface area contributed by atoms with Crippen molar-refractivity contribution >= 4 is 5.91 Å². The van der Waals surface area contributed by atoms with Crippen molar-refractivity contribution < 1.29 is 9.90 Å². The van der Waals surface area contributed by atoms with E-state index in [2.05, 4.69) is 15.4 Å². The lowest BCUT2D eigenvalue weighted by Gasteiger charge is -2.37. The van der Waals surface area contributed by atoms with Crippen LogP contribution in [0.1, 0.15) is 34.8 Å². The first-order valence-electron chi connectivity index (χ1n) is 8.66. The largest absolute Gasteiger partial charge is 0.393 e. The summed E-state index contributed by atoms with van der Waals surface area (Å²) in [5, 5.41) is 17.0. The molecule has 3 aromatic rings. The summed E-state index contributed by atoms with van der Waals surface area (Å²) in [6, 6.07) is 7.25. The molecule has 1 aromatic carbocycles. The Morgan fingerprint density at radius 1 is 1.31 bits per heavy atom. The van der Waals surface area contributed by atoms with Gasteiger partial charge in [-0.25, -0.2) is 4.98 Å². The average Bonchev–Trinajstić information content (AvgIpc) is 3.29. The summed E-state index contributed by atoms with van der Waals surface area (Å²) in [6.45, 7) is 0. The molecule has 1 aliphatic carbocycles. The molecule has 7 heteroatoms. The van der Waals surface area contributed by atoms with Crippen molar-refractivity contribution in [2.24, 2.45) is 13.0 Å². The highest BCUT2D eigenvalue weighted by atomic mass is 16.3. The maximum absolute atomic E-state index is 12.7. The Morgan fingerprint density at radius 3 is 2.65 bits per heavy atom. The number of benzene rings is 1. The van der Waals surface area contributed by atoms with Crippen molar-refractivity contribution in [2.75, 3.05) is 0 Å². The minimum absolute atomic E-state index is 0.127. The fraction of sp³-hybridized carbons (Fsp3) is 0.316. The van der Waals surface area contributed by atoms with Crippen LogP contribution in [0, 0.1) is 5.92 Å². The highest BCUT2D eigenvalue weighted by Crippen LogP contribution is 2.38. The van der Waals surface area contributed by atoms with Gasteiger partial charge in [-0.2, -0.15) is 5.10 Å². The third-order valence-corrected chi connectivity index (χ3v) is 4.92. The number of amides is 1. The van der Waals surface area contributed by atoms with Crippen LogP contribution in [-0.2, 0) is 7.05 Å². The Balaban J connectivity index is 1.51. The molecule has 1 atom stereocenters. The van der Waals surface area contributed by atoms with Crippen LogP contribution in [-0.4, -0.2) is 36.4 Å². The first-order valence-corrected chi connectivity index (χ1v) is 8.66. The molecule has 0 bridgehead atoms. The van der Waals surface area contributed by atoms with Crippen LogP contribution in [0.3, 0.4) is 0 Å². The van der Waals surface area contributed by atoms with E-state index in [4.69, 9.17) is 0 Å². The van der Waals surface area contributed by atoms with Gasteiger partial charge in [-0.05, 0) is 43.0 Å². The van der Waals surface area contributed by atoms with Crippen molar-refractivity contribution in [3.05, 3.63) is 66.5 Å². The Morgan fingerprint density at radius 2 is 2.08 bits per heavy atom. The van der Waals surface area contributed by atoms with Gasteiger partial charge in [-0.1, -0.05) is 0 Å². The number of aliphatic hydroxyl groups excluding tert-OH is 1. The normalized spacial score (nSPS) is 20.4. The van der Waals surface area contributed by atoms with E-state index in [1.807, 2.05) is 36.1 Å². The molecule has 4 rings (SSSR count). The van der Waals surface area contributed by atoms with Gasteiger partial charge in [0.1, 0.15) is 0 Å². The van der Waals surface area contributed by atoms with E-state index in [-0.39, 0.29) is 24.0 Å². The molecule has 7 nitrogen and oxygen atoms in total. The van der Waals surface area contributed by atoms with E-state index in [1.165, 1.54) is 0 Å². The minimum Gasteiger partial charge on any atom is -0.393 e. The Bertz CT molecular complexity index is 879. The molecule has 2 aromatic heterocycles.